The predicted octanol–water partition coefficient (Wildman–Crippen LogP) is 3.95. The Hall–Kier alpha value is -3.54. The molecular formula is C22H20N4O2. The van der Waals surface area contributed by atoms with Crippen LogP contribution >= 0.6 is 0 Å². The quantitative estimate of drug-likeness (QED) is 0.576. The molecule has 0 atom stereocenters. The van der Waals surface area contributed by atoms with Gasteiger partial charge in [-0.15, -0.1) is 0 Å². The van der Waals surface area contributed by atoms with Gasteiger partial charge in [0, 0.05) is 36.0 Å². The molecule has 5 rings (SSSR count). The highest BCUT2D eigenvalue weighted by Gasteiger charge is 2.18. The summed E-state index contributed by atoms with van der Waals surface area (Å²) in [5, 5.41) is 0. The molecule has 0 bridgehead atoms. The molecule has 1 aliphatic rings. The molecule has 2 aromatic heterocycles. The molecule has 2 aromatic carbocycles. The Labute approximate surface area is 162 Å². The fraction of sp³-hybridized carbons (Fsp3) is 0.182. The molecule has 0 unspecified atom stereocenters. The number of nitrogens with one attached hydrogen (secondary N) is 1. The maximum absolute atomic E-state index is 5.80. The average molecular weight is 372 g/mol. The number of aryl methyl sites for hydroxylation is 2. The zero-order valence-electron chi connectivity index (χ0n) is 15.3. The van der Waals surface area contributed by atoms with E-state index in [1.807, 2.05) is 42.9 Å². The Morgan fingerprint density at radius 1 is 0.964 bits per heavy atom. The standard InChI is InChI=1S/C22H20N4O2/c1-2-4-16(5-3-1)21-22(17-6-7-19-20(12-17)28-11-10-27-19)26(15-25-21)9-8-18-13-23-14-24-18/h1-7,12-15H,8-11H2,(H,23,24). The summed E-state index contributed by atoms with van der Waals surface area (Å²) in [6, 6.07) is 16.4. The molecule has 6 nitrogen and oxygen atoms in total. The van der Waals surface area contributed by atoms with Crippen LogP contribution in [0, 0.1) is 0 Å². The summed E-state index contributed by atoms with van der Waals surface area (Å²) in [5.74, 6) is 1.57. The van der Waals surface area contributed by atoms with Gasteiger partial charge in [0.15, 0.2) is 11.5 Å². The molecule has 0 spiro atoms. The maximum atomic E-state index is 5.80. The summed E-state index contributed by atoms with van der Waals surface area (Å²) in [6.07, 6.45) is 6.33. The lowest BCUT2D eigenvalue weighted by molar-refractivity contribution is 0.171. The number of H-pyrrole nitrogens is 1. The average Bonchev–Trinajstić information content (AvgIpc) is 3.42. The van der Waals surface area contributed by atoms with E-state index in [9.17, 15) is 0 Å². The predicted molar refractivity (Wildman–Crippen MR) is 106 cm³/mol. The number of aromatic amines is 1. The smallest absolute Gasteiger partial charge is 0.162 e. The molecule has 0 radical (unpaired) electrons. The third kappa shape index (κ3) is 3.13. The first-order valence-corrected chi connectivity index (χ1v) is 9.36. The van der Waals surface area contributed by atoms with E-state index in [1.165, 1.54) is 0 Å². The third-order valence-electron chi connectivity index (χ3n) is 4.88. The molecule has 6 heteroatoms. The molecule has 0 saturated heterocycles. The van der Waals surface area contributed by atoms with Gasteiger partial charge in [-0.05, 0) is 18.2 Å². The van der Waals surface area contributed by atoms with Crippen LogP contribution in [0.5, 0.6) is 11.5 Å². The van der Waals surface area contributed by atoms with Crippen molar-refractivity contribution in [2.45, 2.75) is 13.0 Å². The van der Waals surface area contributed by atoms with E-state index in [1.54, 1.807) is 6.33 Å². The first-order valence-electron chi connectivity index (χ1n) is 9.36. The Kier molecular flexibility index (Phi) is 4.29. The van der Waals surface area contributed by atoms with E-state index >= 15 is 0 Å². The topological polar surface area (TPSA) is 65.0 Å². The summed E-state index contributed by atoms with van der Waals surface area (Å²) in [7, 11) is 0. The second-order valence-corrected chi connectivity index (χ2v) is 6.69. The summed E-state index contributed by atoms with van der Waals surface area (Å²) in [6.45, 7) is 1.95. The van der Waals surface area contributed by atoms with Crippen molar-refractivity contribution in [3.05, 3.63) is 73.1 Å². The Morgan fingerprint density at radius 3 is 2.64 bits per heavy atom. The van der Waals surface area contributed by atoms with Gasteiger partial charge < -0.3 is 19.0 Å². The van der Waals surface area contributed by atoms with E-state index in [0.717, 1.165) is 52.7 Å². The summed E-state index contributed by atoms with van der Waals surface area (Å²) >= 11 is 0. The van der Waals surface area contributed by atoms with Gasteiger partial charge >= 0.3 is 0 Å². The number of nitrogens with zero attached hydrogens (tertiary/aromatic N) is 3. The van der Waals surface area contributed by atoms with Gasteiger partial charge in [0.25, 0.3) is 0 Å². The number of benzene rings is 2. The monoisotopic (exact) mass is 372 g/mol. The van der Waals surface area contributed by atoms with Gasteiger partial charge in [0.2, 0.25) is 0 Å². The molecule has 140 valence electrons. The highest BCUT2D eigenvalue weighted by Crippen LogP contribution is 2.38. The summed E-state index contributed by atoms with van der Waals surface area (Å²) in [4.78, 5) is 12.0. The normalized spacial score (nSPS) is 12.9. The lowest BCUT2D eigenvalue weighted by atomic mass is 10.0. The van der Waals surface area contributed by atoms with E-state index in [-0.39, 0.29) is 0 Å². The fourth-order valence-electron chi connectivity index (χ4n) is 3.51. The minimum atomic E-state index is 0.571. The van der Waals surface area contributed by atoms with Crippen molar-refractivity contribution >= 4 is 0 Å². The molecular weight excluding hydrogens is 352 g/mol. The Bertz CT molecular complexity index is 1070. The van der Waals surface area contributed by atoms with Gasteiger partial charge in [-0.2, -0.15) is 0 Å². The number of hydrogen-bond acceptors (Lipinski definition) is 4. The van der Waals surface area contributed by atoms with Crippen LogP contribution in [-0.4, -0.2) is 32.7 Å². The largest absolute Gasteiger partial charge is 0.486 e. The van der Waals surface area contributed by atoms with Crippen molar-refractivity contribution in [2.75, 3.05) is 13.2 Å². The van der Waals surface area contributed by atoms with Gasteiger partial charge in [-0.1, -0.05) is 30.3 Å². The van der Waals surface area contributed by atoms with Crippen LogP contribution < -0.4 is 9.47 Å². The SMILES string of the molecule is c1ccc(-c2ncn(CCc3cnc[nH]3)c2-c2ccc3c(c2)OCCO3)cc1. The van der Waals surface area contributed by atoms with Crippen LogP contribution in [0.25, 0.3) is 22.5 Å². The second-order valence-electron chi connectivity index (χ2n) is 6.69. The minimum absolute atomic E-state index is 0.571. The van der Waals surface area contributed by atoms with Crippen LogP contribution in [0.15, 0.2) is 67.4 Å². The molecule has 1 N–H and O–H groups in total. The molecule has 1 aliphatic heterocycles. The second kappa shape index (κ2) is 7.23. The zero-order chi connectivity index (χ0) is 18.8. The maximum Gasteiger partial charge on any atom is 0.162 e. The van der Waals surface area contributed by atoms with Crippen molar-refractivity contribution in [1.82, 2.24) is 19.5 Å². The van der Waals surface area contributed by atoms with E-state index in [4.69, 9.17) is 14.5 Å². The van der Waals surface area contributed by atoms with Crippen LogP contribution in [-0.2, 0) is 13.0 Å². The molecule has 0 aliphatic carbocycles. The van der Waals surface area contributed by atoms with Crippen molar-refractivity contribution in [3.63, 3.8) is 0 Å². The van der Waals surface area contributed by atoms with Gasteiger partial charge in [-0.3, -0.25) is 0 Å². The number of hydrogen-bond donors (Lipinski definition) is 1. The van der Waals surface area contributed by atoms with Crippen LogP contribution in [0.3, 0.4) is 0 Å². The van der Waals surface area contributed by atoms with Gasteiger partial charge in [0.1, 0.15) is 13.2 Å². The molecule has 0 saturated carbocycles. The fourth-order valence-corrected chi connectivity index (χ4v) is 3.51. The van der Waals surface area contributed by atoms with Gasteiger partial charge in [0.05, 0.1) is 24.0 Å². The summed E-state index contributed by atoms with van der Waals surface area (Å²) < 4.78 is 13.7. The number of rotatable bonds is 5. The highest BCUT2D eigenvalue weighted by atomic mass is 16.6. The molecule has 4 aromatic rings. The Balaban J connectivity index is 1.58. The number of aromatic nitrogens is 4. The van der Waals surface area contributed by atoms with E-state index < -0.39 is 0 Å². The first-order chi connectivity index (χ1) is 13.9. The van der Waals surface area contributed by atoms with Crippen molar-refractivity contribution in [3.8, 4) is 34.0 Å². The number of fused-ring (bicyclic) bond motifs is 1. The zero-order valence-corrected chi connectivity index (χ0v) is 15.3. The lowest BCUT2D eigenvalue weighted by Gasteiger charge is -2.19. The van der Waals surface area contributed by atoms with E-state index in [2.05, 4.69) is 32.7 Å². The van der Waals surface area contributed by atoms with Crippen LogP contribution in [0.1, 0.15) is 5.69 Å². The minimum Gasteiger partial charge on any atom is -0.486 e. The molecule has 0 fully saturated rings. The van der Waals surface area contributed by atoms with Crippen LogP contribution in [0.2, 0.25) is 0 Å². The highest BCUT2D eigenvalue weighted by molar-refractivity contribution is 5.79. The van der Waals surface area contributed by atoms with Crippen molar-refractivity contribution in [1.29, 1.82) is 0 Å². The first kappa shape index (κ1) is 16.6. The molecule has 28 heavy (non-hydrogen) atoms. The van der Waals surface area contributed by atoms with Crippen LogP contribution in [0.4, 0.5) is 0 Å². The van der Waals surface area contributed by atoms with Crippen molar-refractivity contribution < 1.29 is 9.47 Å². The molecule has 0 amide bonds. The number of imidazole rings is 2. The summed E-state index contributed by atoms with van der Waals surface area (Å²) in [5.41, 5.74) is 5.28. The molecule has 3 heterocycles. The Morgan fingerprint density at radius 2 is 1.82 bits per heavy atom. The third-order valence-corrected chi connectivity index (χ3v) is 4.88. The van der Waals surface area contributed by atoms with E-state index in [0.29, 0.717) is 13.2 Å². The lowest BCUT2D eigenvalue weighted by Crippen LogP contribution is -2.15. The van der Waals surface area contributed by atoms with Crippen molar-refractivity contribution in [2.24, 2.45) is 0 Å². The van der Waals surface area contributed by atoms with Gasteiger partial charge in [-0.25, -0.2) is 9.97 Å². The number of ether oxygens (including phenoxy) is 2.